The van der Waals surface area contributed by atoms with E-state index in [1.807, 2.05) is 11.5 Å². The van der Waals surface area contributed by atoms with Gasteiger partial charge in [-0.1, -0.05) is 25.5 Å². The molecule has 1 heterocycles. The lowest BCUT2D eigenvalue weighted by molar-refractivity contribution is -0.137. The highest BCUT2D eigenvalue weighted by molar-refractivity contribution is 5.90. The van der Waals surface area contributed by atoms with Gasteiger partial charge in [0.05, 0.1) is 29.3 Å². The van der Waals surface area contributed by atoms with Crippen LogP contribution in [0.5, 0.6) is 0 Å². The fourth-order valence-electron chi connectivity index (χ4n) is 2.94. The van der Waals surface area contributed by atoms with Crippen LogP contribution < -0.4 is 0 Å². The quantitative estimate of drug-likeness (QED) is 0.567. The molecule has 0 aliphatic rings. The van der Waals surface area contributed by atoms with Crippen LogP contribution in [0.25, 0.3) is 22.4 Å². The molecule has 0 atom stereocenters. The first-order valence-electron chi connectivity index (χ1n) is 8.61. The summed E-state index contributed by atoms with van der Waals surface area (Å²) in [6.07, 6.45) is -2.59. The number of benzene rings is 2. The van der Waals surface area contributed by atoms with Gasteiger partial charge in [-0.2, -0.15) is 13.2 Å². The van der Waals surface area contributed by atoms with Gasteiger partial charge in [-0.15, -0.1) is 0 Å². The molecule has 0 saturated heterocycles. The van der Waals surface area contributed by atoms with Gasteiger partial charge in [0.2, 0.25) is 0 Å². The Morgan fingerprint density at radius 3 is 2.44 bits per heavy atom. The van der Waals surface area contributed by atoms with Crippen LogP contribution in [-0.4, -0.2) is 22.6 Å². The number of aryl methyl sites for hydroxylation is 1. The SMILES string of the molecule is CCCCn1c(-c2ccc(C(=O)OC)cc2)nc2cc(C(F)(F)F)ccc21. The molecule has 4 nitrogen and oxygen atoms in total. The van der Waals surface area contributed by atoms with Gasteiger partial charge in [0.25, 0.3) is 0 Å². The van der Waals surface area contributed by atoms with Crippen LogP contribution in [0.1, 0.15) is 35.7 Å². The summed E-state index contributed by atoms with van der Waals surface area (Å²) in [5.41, 5.74) is 1.36. The molecule has 1 aromatic heterocycles. The molecule has 0 aliphatic carbocycles. The van der Waals surface area contributed by atoms with Crippen molar-refractivity contribution < 1.29 is 22.7 Å². The van der Waals surface area contributed by atoms with Crippen LogP contribution in [0.2, 0.25) is 0 Å². The number of carbonyl (C=O) groups is 1. The summed E-state index contributed by atoms with van der Waals surface area (Å²) in [6.45, 7) is 2.69. The average molecular weight is 376 g/mol. The van der Waals surface area contributed by atoms with Gasteiger partial charge in [0, 0.05) is 12.1 Å². The minimum atomic E-state index is -4.41. The topological polar surface area (TPSA) is 44.1 Å². The van der Waals surface area contributed by atoms with E-state index in [1.54, 1.807) is 24.3 Å². The fraction of sp³-hybridized carbons (Fsp3) is 0.300. The second kappa shape index (κ2) is 7.42. The molecule has 0 fully saturated rings. The van der Waals surface area contributed by atoms with Crippen LogP contribution in [0, 0.1) is 0 Å². The van der Waals surface area contributed by atoms with Crippen molar-refractivity contribution >= 4 is 17.0 Å². The second-order valence-electron chi connectivity index (χ2n) is 6.21. The van der Waals surface area contributed by atoms with Crippen molar-refractivity contribution in [3.8, 4) is 11.4 Å². The van der Waals surface area contributed by atoms with Crippen molar-refractivity contribution in [3.05, 3.63) is 53.6 Å². The molecule has 3 rings (SSSR count). The number of carbonyl (C=O) groups excluding carboxylic acids is 1. The van der Waals surface area contributed by atoms with Gasteiger partial charge in [0.15, 0.2) is 0 Å². The molecule has 0 N–H and O–H groups in total. The summed E-state index contributed by atoms with van der Waals surface area (Å²) in [6, 6.07) is 10.3. The Labute approximate surface area is 154 Å². The van der Waals surface area contributed by atoms with Gasteiger partial charge in [-0.25, -0.2) is 9.78 Å². The fourth-order valence-corrected chi connectivity index (χ4v) is 2.94. The van der Waals surface area contributed by atoms with E-state index >= 15 is 0 Å². The molecular weight excluding hydrogens is 357 g/mol. The number of aromatic nitrogens is 2. The largest absolute Gasteiger partial charge is 0.465 e. The highest BCUT2D eigenvalue weighted by Gasteiger charge is 2.31. The molecule has 0 radical (unpaired) electrons. The molecule has 3 aromatic rings. The summed E-state index contributed by atoms with van der Waals surface area (Å²) in [5.74, 6) is 0.130. The van der Waals surface area contributed by atoms with E-state index < -0.39 is 17.7 Å². The summed E-state index contributed by atoms with van der Waals surface area (Å²) < 4.78 is 45.7. The minimum Gasteiger partial charge on any atom is -0.465 e. The number of rotatable bonds is 5. The van der Waals surface area contributed by atoms with E-state index in [4.69, 9.17) is 0 Å². The maximum atomic E-state index is 13.0. The summed E-state index contributed by atoms with van der Waals surface area (Å²) in [5, 5.41) is 0. The zero-order valence-electron chi connectivity index (χ0n) is 15.0. The number of nitrogens with zero attached hydrogens (tertiary/aromatic N) is 2. The predicted octanol–water partition coefficient (Wildman–Crippen LogP) is 5.31. The number of methoxy groups -OCH3 is 1. The molecule has 142 valence electrons. The van der Waals surface area contributed by atoms with E-state index in [1.165, 1.54) is 13.2 Å². The van der Waals surface area contributed by atoms with Gasteiger partial charge in [-0.05, 0) is 36.8 Å². The molecule has 0 saturated carbocycles. The number of imidazole rings is 1. The number of alkyl halides is 3. The summed E-state index contributed by atoms with van der Waals surface area (Å²) >= 11 is 0. The third-order valence-electron chi connectivity index (χ3n) is 4.38. The molecule has 0 spiro atoms. The Morgan fingerprint density at radius 2 is 1.85 bits per heavy atom. The average Bonchev–Trinajstić information content (AvgIpc) is 3.02. The number of hydrogen-bond acceptors (Lipinski definition) is 3. The van der Waals surface area contributed by atoms with E-state index in [0.717, 1.165) is 30.5 Å². The Balaban J connectivity index is 2.11. The predicted molar refractivity (Wildman–Crippen MR) is 96.4 cm³/mol. The van der Waals surface area contributed by atoms with Gasteiger partial charge in [0.1, 0.15) is 5.82 Å². The molecule has 2 aromatic carbocycles. The van der Waals surface area contributed by atoms with Crippen LogP contribution in [0.4, 0.5) is 13.2 Å². The molecule has 0 unspecified atom stereocenters. The van der Waals surface area contributed by atoms with E-state index in [-0.39, 0.29) is 0 Å². The van der Waals surface area contributed by atoms with Crippen molar-refractivity contribution in [1.29, 1.82) is 0 Å². The molecule has 0 aliphatic heterocycles. The standard InChI is InChI=1S/C20H19F3N2O2/c1-3-4-11-25-17-10-9-15(20(21,22)23)12-16(17)24-18(25)13-5-7-14(8-6-13)19(26)27-2/h5-10,12H,3-4,11H2,1-2H3. The van der Waals surface area contributed by atoms with Crippen LogP contribution in [0.3, 0.4) is 0 Å². The monoisotopic (exact) mass is 376 g/mol. The number of unbranched alkanes of at least 4 members (excludes halogenated alkanes) is 1. The van der Waals surface area contributed by atoms with Gasteiger partial charge >= 0.3 is 12.1 Å². The zero-order chi connectivity index (χ0) is 19.6. The number of ether oxygens (including phenoxy) is 1. The Bertz CT molecular complexity index is 960. The molecule has 27 heavy (non-hydrogen) atoms. The Hall–Kier alpha value is -2.83. The molecule has 7 heteroatoms. The van der Waals surface area contributed by atoms with Crippen LogP contribution >= 0.6 is 0 Å². The van der Waals surface area contributed by atoms with Crippen molar-refractivity contribution in [2.75, 3.05) is 7.11 Å². The molecule has 0 amide bonds. The third-order valence-corrected chi connectivity index (χ3v) is 4.38. The van der Waals surface area contributed by atoms with Gasteiger partial charge < -0.3 is 9.30 Å². The third kappa shape index (κ3) is 3.82. The first kappa shape index (κ1) is 18.9. The van der Waals surface area contributed by atoms with Crippen molar-refractivity contribution in [1.82, 2.24) is 9.55 Å². The number of fused-ring (bicyclic) bond motifs is 1. The minimum absolute atomic E-state index is 0.299. The second-order valence-corrected chi connectivity index (χ2v) is 6.21. The smallest absolute Gasteiger partial charge is 0.416 e. The van der Waals surface area contributed by atoms with E-state index in [2.05, 4.69) is 9.72 Å². The lowest BCUT2D eigenvalue weighted by Gasteiger charge is -2.10. The maximum Gasteiger partial charge on any atom is 0.416 e. The highest BCUT2D eigenvalue weighted by atomic mass is 19.4. The zero-order valence-corrected chi connectivity index (χ0v) is 15.0. The summed E-state index contributed by atoms with van der Waals surface area (Å²) in [4.78, 5) is 16.0. The summed E-state index contributed by atoms with van der Waals surface area (Å²) in [7, 11) is 1.30. The van der Waals surface area contributed by atoms with Crippen LogP contribution in [0.15, 0.2) is 42.5 Å². The van der Waals surface area contributed by atoms with Crippen molar-refractivity contribution in [3.63, 3.8) is 0 Å². The number of halogens is 3. The lowest BCUT2D eigenvalue weighted by atomic mass is 10.1. The molecule has 0 bridgehead atoms. The lowest BCUT2D eigenvalue weighted by Crippen LogP contribution is -2.05. The number of esters is 1. The van der Waals surface area contributed by atoms with Crippen LogP contribution in [-0.2, 0) is 17.5 Å². The first-order valence-corrected chi connectivity index (χ1v) is 8.61. The Kier molecular flexibility index (Phi) is 5.21. The highest BCUT2D eigenvalue weighted by Crippen LogP contribution is 2.33. The van der Waals surface area contributed by atoms with Crippen molar-refractivity contribution in [2.45, 2.75) is 32.5 Å². The van der Waals surface area contributed by atoms with Gasteiger partial charge in [-0.3, -0.25) is 0 Å². The number of hydrogen-bond donors (Lipinski definition) is 0. The Morgan fingerprint density at radius 1 is 1.15 bits per heavy atom. The maximum absolute atomic E-state index is 13.0. The van der Waals surface area contributed by atoms with E-state index in [9.17, 15) is 18.0 Å². The van der Waals surface area contributed by atoms with E-state index in [0.29, 0.717) is 29.0 Å². The first-order chi connectivity index (χ1) is 12.8. The van der Waals surface area contributed by atoms with Crippen molar-refractivity contribution in [2.24, 2.45) is 0 Å². The molecular formula is C20H19F3N2O2. The normalized spacial score (nSPS) is 11.7.